The van der Waals surface area contributed by atoms with Crippen LogP contribution in [0.3, 0.4) is 0 Å². The van der Waals surface area contributed by atoms with E-state index in [0.717, 1.165) is 6.42 Å². The summed E-state index contributed by atoms with van der Waals surface area (Å²) in [6, 6.07) is 0. The molecule has 0 aromatic rings. The summed E-state index contributed by atoms with van der Waals surface area (Å²) < 4.78 is 11.3. The molecular weight excluding hydrogens is 184 g/mol. The zero-order valence-electron chi connectivity index (χ0n) is 8.64. The fourth-order valence-electron chi connectivity index (χ4n) is 2.50. The Hall–Kier alpha value is -0.160. The average Bonchev–Trinajstić information content (AvgIpc) is 2.50. The molecule has 2 N–H and O–H groups in total. The summed E-state index contributed by atoms with van der Waals surface area (Å²) in [4.78, 5) is 0. The fraction of sp³-hybridized carbons (Fsp3) is 1.00. The van der Waals surface area contributed by atoms with Crippen LogP contribution in [0.25, 0.3) is 0 Å². The maximum Gasteiger partial charge on any atom is 0.163 e. The van der Waals surface area contributed by atoms with E-state index in [0.29, 0.717) is 6.42 Å². The van der Waals surface area contributed by atoms with Crippen molar-refractivity contribution in [2.75, 3.05) is 6.61 Å². The van der Waals surface area contributed by atoms with Gasteiger partial charge in [-0.25, -0.2) is 0 Å². The van der Waals surface area contributed by atoms with E-state index >= 15 is 0 Å². The summed E-state index contributed by atoms with van der Waals surface area (Å²) in [5, 5.41) is 18.7. The first kappa shape index (κ1) is 10.4. The lowest BCUT2D eigenvalue weighted by molar-refractivity contribution is -0.167. The van der Waals surface area contributed by atoms with Gasteiger partial charge in [0.2, 0.25) is 0 Å². The third-order valence-corrected chi connectivity index (χ3v) is 3.08. The molecule has 0 amide bonds. The highest BCUT2D eigenvalue weighted by Gasteiger charge is 2.52. The van der Waals surface area contributed by atoms with E-state index in [1.54, 1.807) is 0 Å². The van der Waals surface area contributed by atoms with Gasteiger partial charge in [0, 0.05) is 6.61 Å². The summed E-state index contributed by atoms with van der Waals surface area (Å²) in [5.41, 5.74) is 0. The molecule has 0 aromatic heterocycles. The van der Waals surface area contributed by atoms with Gasteiger partial charge in [-0.2, -0.15) is 0 Å². The van der Waals surface area contributed by atoms with Gasteiger partial charge in [-0.3, -0.25) is 0 Å². The van der Waals surface area contributed by atoms with Gasteiger partial charge < -0.3 is 19.7 Å². The number of ether oxygens (including phenoxy) is 2. The highest BCUT2D eigenvalue weighted by atomic mass is 16.8. The molecule has 4 heteroatoms. The zero-order valence-corrected chi connectivity index (χ0v) is 8.64. The summed E-state index contributed by atoms with van der Waals surface area (Å²) in [6.45, 7) is 3.84. The second kappa shape index (κ2) is 3.45. The Labute approximate surface area is 83.8 Å². The first-order valence-corrected chi connectivity index (χ1v) is 5.18. The molecule has 1 saturated carbocycles. The van der Waals surface area contributed by atoms with Crippen LogP contribution in [-0.4, -0.2) is 40.9 Å². The Morgan fingerprint density at radius 2 is 2.07 bits per heavy atom. The van der Waals surface area contributed by atoms with Crippen molar-refractivity contribution in [3.8, 4) is 0 Å². The predicted octanol–water partition coefficient (Wildman–Crippen LogP) is 0.270. The molecule has 4 nitrogen and oxygen atoms in total. The third-order valence-electron chi connectivity index (χ3n) is 3.08. The monoisotopic (exact) mass is 202 g/mol. The van der Waals surface area contributed by atoms with E-state index in [1.165, 1.54) is 0 Å². The standard InChI is InChI=1S/C10H18O4/c1-10(2)13-7-5-6(3-4-11)8(12)9(7)14-10/h6-9,11-12H,3-5H2,1-2H3/t6-,7-,8+,9-/m1/s1. The Kier molecular flexibility index (Phi) is 2.55. The molecule has 0 bridgehead atoms. The SMILES string of the molecule is CC1(C)O[C@H]2[C@@H](O)[C@H](CCO)C[C@H]2O1. The minimum atomic E-state index is -0.569. The van der Waals surface area contributed by atoms with Crippen LogP contribution in [0.15, 0.2) is 0 Å². The highest BCUT2D eigenvalue weighted by molar-refractivity contribution is 4.97. The van der Waals surface area contributed by atoms with Crippen LogP contribution < -0.4 is 0 Å². The van der Waals surface area contributed by atoms with Crippen molar-refractivity contribution in [3.63, 3.8) is 0 Å². The van der Waals surface area contributed by atoms with Gasteiger partial charge in [-0.05, 0) is 32.6 Å². The molecule has 1 saturated heterocycles. The maximum absolute atomic E-state index is 9.91. The fourth-order valence-corrected chi connectivity index (χ4v) is 2.50. The van der Waals surface area contributed by atoms with Crippen LogP contribution in [0.5, 0.6) is 0 Å². The second-order valence-electron chi connectivity index (χ2n) is 4.64. The van der Waals surface area contributed by atoms with Crippen molar-refractivity contribution < 1.29 is 19.7 Å². The lowest BCUT2D eigenvalue weighted by atomic mass is 10.0. The zero-order chi connectivity index (χ0) is 10.3. The van der Waals surface area contributed by atoms with Gasteiger partial charge in [0.25, 0.3) is 0 Å². The van der Waals surface area contributed by atoms with Crippen LogP contribution in [-0.2, 0) is 9.47 Å². The van der Waals surface area contributed by atoms with E-state index in [-0.39, 0.29) is 24.7 Å². The van der Waals surface area contributed by atoms with Crippen LogP contribution in [0.1, 0.15) is 26.7 Å². The first-order valence-electron chi connectivity index (χ1n) is 5.18. The summed E-state index contributed by atoms with van der Waals surface area (Å²) >= 11 is 0. The molecule has 14 heavy (non-hydrogen) atoms. The smallest absolute Gasteiger partial charge is 0.163 e. The average molecular weight is 202 g/mol. The number of hydrogen-bond acceptors (Lipinski definition) is 4. The number of rotatable bonds is 2. The summed E-state index contributed by atoms with van der Waals surface area (Å²) in [6.07, 6.45) is 0.712. The van der Waals surface area contributed by atoms with E-state index < -0.39 is 11.9 Å². The largest absolute Gasteiger partial charge is 0.396 e. The van der Waals surface area contributed by atoms with E-state index in [4.69, 9.17) is 14.6 Å². The number of aliphatic hydroxyl groups excluding tert-OH is 2. The molecule has 2 rings (SSSR count). The molecule has 2 fully saturated rings. The maximum atomic E-state index is 9.91. The van der Waals surface area contributed by atoms with E-state index in [1.807, 2.05) is 13.8 Å². The van der Waals surface area contributed by atoms with E-state index in [9.17, 15) is 5.11 Å². The Balaban J connectivity index is 2.00. The van der Waals surface area contributed by atoms with Gasteiger partial charge in [0.15, 0.2) is 5.79 Å². The van der Waals surface area contributed by atoms with Crippen LogP contribution in [0.2, 0.25) is 0 Å². The summed E-state index contributed by atoms with van der Waals surface area (Å²) in [7, 11) is 0. The first-order chi connectivity index (χ1) is 6.53. The normalized spacial score (nSPS) is 45.4. The second-order valence-corrected chi connectivity index (χ2v) is 4.64. The number of aliphatic hydroxyl groups is 2. The molecule has 82 valence electrons. The topological polar surface area (TPSA) is 58.9 Å². The molecule has 0 aromatic carbocycles. The molecule has 0 radical (unpaired) electrons. The van der Waals surface area contributed by atoms with Crippen molar-refractivity contribution in [1.29, 1.82) is 0 Å². The van der Waals surface area contributed by atoms with Crippen molar-refractivity contribution >= 4 is 0 Å². The molecule has 2 aliphatic rings. The van der Waals surface area contributed by atoms with Gasteiger partial charge in [0.1, 0.15) is 6.10 Å². The number of fused-ring (bicyclic) bond motifs is 1. The molecular formula is C10H18O4. The van der Waals surface area contributed by atoms with Crippen LogP contribution in [0.4, 0.5) is 0 Å². The molecule has 1 aliphatic heterocycles. The van der Waals surface area contributed by atoms with Crippen LogP contribution in [0, 0.1) is 5.92 Å². The van der Waals surface area contributed by atoms with Gasteiger partial charge in [0.05, 0.1) is 12.2 Å². The van der Waals surface area contributed by atoms with E-state index in [2.05, 4.69) is 0 Å². The minimum absolute atomic E-state index is 0.00319. The van der Waals surface area contributed by atoms with Crippen molar-refractivity contribution in [1.82, 2.24) is 0 Å². The van der Waals surface area contributed by atoms with Crippen molar-refractivity contribution in [3.05, 3.63) is 0 Å². The van der Waals surface area contributed by atoms with Crippen molar-refractivity contribution in [2.24, 2.45) is 5.92 Å². The van der Waals surface area contributed by atoms with Gasteiger partial charge in [-0.1, -0.05) is 0 Å². The molecule has 0 unspecified atom stereocenters. The van der Waals surface area contributed by atoms with Crippen molar-refractivity contribution in [2.45, 2.75) is 50.8 Å². The van der Waals surface area contributed by atoms with Gasteiger partial charge in [-0.15, -0.1) is 0 Å². The Bertz CT molecular complexity index is 216. The lowest BCUT2D eigenvalue weighted by Crippen LogP contribution is -2.32. The molecule has 0 spiro atoms. The minimum Gasteiger partial charge on any atom is -0.396 e. The Morgan fingerprint density at radius 1 is 1.36 bits per heavy atom. The lowest BCUT2D eigenvalue weighted by Gasteiger charge is -2.23. The van der Waals surface area contributed by atoms with Gasteiger partial charge >= 0.3 is 0 Å². The molecule has 1 heterocycles. The highest BCUT2D eigenvalue weighted by Crippen LogP contribution is 2.41. The number of hydrogen-bond donors (Lipinski definition) is 2. The summed E-state index contributed by atoms with van der Waals surface area (Å²) in [5.74, 6) is -0.452. The predicted molar refractivity (Wildman–Crippen MR) is 49.6 cm³/mol. The van der Waals surface area contributed by atoms with Crippen LogP contribution >= 0.6 is 0 Å². The quantitative estimate of drug-likeness (QED) is 0.675. The third kappa shape index (κ3) is 1.67. The molecule has 4 atom stereocenters. The molecule has 1 aliphatic carbocycles. The Morgan fingerprint density at radius 3 is 2.64 bits per heavy atom.